The highest BCUT2D eigenvalue weighted by molar-refractivity contribution is 6.00. The zero-order chi connectivity index (χ0) is 16.4. The van der Waals surface area contributed by atoms with E-state index in [1.165, 1.54) is 0 Å². The molecule has 1 N–H and O–H groups in total. The van der Waals surface area contributed by atoms with Gasteiger partial charge in [-0.1, -0.05) is 12.1 Å². The predicted molar refractivity (Wildman–Crippen MR) is 89.8 cm³/mol. The normalized spacial score (nSPS) is 26.7. The summed E-state index contributed by atoms with van der Waals surface area (Å²) in [6, 6.07) is 7.94. The van der Waals surface area contributed by atoms with Crippen LogP contribution in [0.15, 0.2) is 24.3 Å². The minimum atomic E-state index is -0.317. The molecule has 1 aromatic rings. The van der Waals surface area contributed by atoms with Gasteiger partial charge in [-0.15, -0.1) is 0 Å². The lowest BCUT2D eigenvalue weighted by molar-refractivity contribution is -0.122. The van der Waals surface area contributed by atoms with Crippen molar-refractivity contribution in [2.45, 2.75) is 50.8 Å². The predicted octanol–water partition coefficient (Wildman–Crippen LogP) is 2.04. The lowest BCUT2D eigenvalue weighted by Crippen LogP contribution is -2.45. The molecule has 2 saturated heterocycles. The second-order valence-electron chi connectivity index (χ2n) is 6.58. The molecular formula is C18H26N2O3. The Morgan fingerprint density at radius 3 is 2.83 bits per heavy atom. The van der Waals surface area contributed by atoms with Crippen molar-refractivity contribution in [2.75, 3.05) is 25.1 Å². The van der Waals surface area contributed by atoms with Crippen LogP contribution in [0.4, 0.5) is 5.69 Å². The number of hydrogen-bond acceptors (Lipinski definition) is 4. The van der Waals surface area contributed by atoms with Crippen LogP contribution in [0.25, 0.3) is 0 Å². The molecule has 1 aromatic carbocycles. The van der Waals surface area contributed by atoms with Crippen molar-refractivity contribution in [3.63, 3.8) is 0 Å². The van der Waals surface area contributed by atoms with E-state index in [-0.39, 0.29) is 18.1 Å². The lowest BCUT2D eigenvalue weighted by Gasteiger charge is -2.30. The first kappa shape index (κ1) is 16.3. The van der Waals surface area contributed by atoms with Gasteiger partial charge in [0, 0.05) is 12.6 Å². The van der Waals surface area contributed by atoms with E-state index in [4.69, 9.17) is 4.74 Å². The van der Waals surface area contributed by atoms with Crippen molar-refractivity contribution >= 4 is 11.6 Å². The molecule has 126 valence electrons. The van der Waals surface area contributed by atoms with Crippen LogP contribution in [0, 0.1) is 0 Å². The largest absolute Gasteiger partial charge is 0.495 e. The second-order valence-corrected chi connectivity index (χ2v) is 6.58. The molecule has 3 rings (SSSR count). The summed E-state index contributed by atoms with van der Waals surface area (Å²) in [5, 5.41) is 9.70. The van der Waals surface area contributed by atoms with Gasteiger partial charge in [0.25, 0.3) is 0 Å². The van der Waals surface area contributed by atoms with E-state index >= 15 is 0 Å². The highest BCUT2D eigenvalue weighted by atomic mass is 16.5. The molecule has 0 spiro atoms. The van der Waals surface area contributed by atoms with Crippen LogP contribution in [-0.2, 0) is 4.79 Å². The fraction of sp³-hybridized carbons (Fsp3) is 0.611. The van der Waals surface area contributed by atoms with Crippen LogP contribution in [0.1, 0.15) is 32.6 Å². The summed E-state index contributed by atoms with van der Waals surface area (Å²) >= 11 is 0. The summed E-state index contributed by atoms with van der Waals surface area (Å²) in [7, 11) is 1.63. The monoisotopic (exact) mass is 318 g/mol. The number of anilines is 1. The maximum atomic E-state index is 13.0. The Bertz CT molecular complexity index is 561. The lowest BCUT2D eigenvalue weighted by atomic mass is 10.1. The summed E-state index contributed by atoms with van der Waals surface area (Å²) in [4.78, 5) is 17.1. The highest BCUT2D eigenvalue weighted by Crippen LogP contribution is 2.34. The summed E-state index contributed by atoms with van der Waals surface area (Å²) < 4.78 is 5.40. The third-order valence-electron chi connectivity index (χ3n) is 4.99. The van der Waals surface area contributed by atoms with Crippen molar-refractivity contribution in [1.82, 2.24) is 4.90 Å². The van der Waals surface area contributed by atoms with Gasteiger partial charge < -0.3 is 14.7 Å². The molecule has 1 amide bonds. The number of aliphatic hydroxyl groups excluding tert-OH is 1. The smallest absolute Gasteiger partial charge is 0.244 e. The minimum Gasteiger partial charge on any atom is -0.495 e. The number of carbonyl (C=O) groups excluding carboxylic acids is 1. The number of aliphatic hydroxyl groups is 1. The number of nitrogens with zero attached hydrogens (tertiary/aromatic N) is 2. The van der Waals surface area contributed by atoms with Crippen molar-refractivity contribution in [2.24, 2.45) is 0 Å². The summed E-state index contributed by atoms with van der Waals surface area (Å²) in [5.74, 6) is 0.899. The van der Waals surface area contributed by atoms with Crippen molar-refractivity contribution < 1.29 is 14.6 Å². The first-order valence-electron chi connectivity index (χ1n) is 8.50. The van der Waals surface area contributed by atoms with Gasteiger partial charge in [0.05, 0.1) is 24.9 Å². The Morgan fingerprint density at radius 2 is 2.09 bits per heavy atom. The van der Waals surface area contributed by atoms with E-state index in [0.717, 1.165) is 50.2 Å². The first-order valence-corrected chi connectivity index (χ1v) is 8.50. The molecule has 0 aromatic heterocycles. The Kier molecular flexibility index (Phi) is 4.87. The molecule has 2 fully saturated rings. The molecule has 0 saturated carbocycles. The Morgan fingerprint density at radius 1 is 1.30 bits per heavy atom. The number of amides is 1. The molecule has 3 unspecified atom stereocenters. The second kappa shape index (κ2) is 6.89. The topological polar surface area (TPSA) is 53.0 Å². The number of hydrogen-bond donors (Lipinski definition) is 1. The molecule has 0 bridgehead atoms. The highest BCUT2D eigenvalue weighted by Gasteiger charge is 2.41. The van der Waals surface area contributed by atoms with Crippen molar-refractivity contribution in [3.05, 3.63) is 24.3 Å². The Labute approximate surface area is 137 Å². The van der Waals surface area contributed by atoms with E-state index in [1.54, 1.807) is 7.11 Å². The number of ether oxygens (including phenoxy) is 1. The summed E-state index contributed by atoms with van der Waals surface area (Å²) in [6.45, 7) is 3.50. The van der Waals surface area contributed by atoms with Gasteiger partial charge in [-0.05, 0) is 51.3 Å². The van der Waals surface area contributed by atoms with Gasteiger partial charge in [-0.2, -0.15) is 0 Å². The van der Waals surface area contributed by atoms with E-state index in [0.29, 0.717) is 6.04 Å². The number of rotatable bonds is 5. The van der Waals surface area contributed by atoms with Gasteiger partial charge in [0.2, 0.25) is 5.91 Å². The molecule has 2 aliphatic heterocycles. The first-order chi connectivity index (χ1) is 11.1. The number of likely N-dealkylation sites (tertiary alicyclic amines) is 1. The van der Waals surface area contributed by atoms with E-state index in [2.05, 4.69) is 4.90 Å². The van der Waals surface area contributed by atoms with Crippen molar-refractivity contribution in [1.29, 1.82) is 0 Å². The molecule has 2 heterocycles. The van der Waals surface area contributed by atoms with Crippen LogP contribution in [0.2, 0.25) is 0 Å². The van der Waals surface area contributed by atoms with Crippen LogP contribution >= 0.6 is 0 Å². The van der Waals surface area contributed by atoms with Crippen LogP contribution in [0.3, 0.4) is 0 Å². The van der Waals surface area contributed by atoms with Crippen LogP contribution < -0.4 is 9.64 Å². The molecular weight excluding hydrogens is 292 g/mol. The average Bonchev–Trinajstić information content (AvgIpc) is 3.13. The van der Waals surface area contributed by atoms with Crippen molar-refractivity contribution in [3.8, 4) is 5.75 Å². The van der Waals surface area contributed by atoms with E-state index in [9.17, 15) is 9.90 Å². The van der Waals surface area contributed by atoms with Gasteiger partial charge in [-0.25, -0.2) is 0 Å². The van der Waals surface area contributed by atoms with Crippen LogP contribution in [0.5, 0.6) is 5.75 Å². The summed E-state index contributed by atoms with van der Waals surface area (Å²) in [5.41, 5.74) is 0.855. The molecule has 5 heteroatoms. The maximum Gasteiger partial charge on any atom is 0.244 e. The third-order valence-corrected chi connectivity index (χ3v) is 4.99. The number of para-hydroxylation sites is 2. The minimum absolute atomic E-state index is 0.0637. The third kappa shape index (κ3) is 3.21. The molecule has 5 nitrogen and oxygen atoms in total. The van der Waals surface area contributed by atoms with Gasteiger partial charge >= 0.3 is 0 Å². The number of benzene rings is 1. The molecule has 23 heavy (non-hydrogen) atoms. The number of methoxy groups -OCH3 is 1. The molecule has 0 aliphatic carbocycles. The fourth-order valence-electron chi connectivity index (χ4n) is 3.98. The van der Waals surface area contributed by atoms with Gasteiger partial charge in [0.15, 0.2) is 0 Å². The van der Waals surface area contributed by atoms with E-state index < -0.39 is 0 Å². The standard InChI is InChI=1S/C18H26N2O3/c1-13(21)12-14-6-5-10-19(14)16-9-11-20(18(16)22)15-7-3-4-8-17(15)23-2/h3-4,7-8,13-14,16,21H,5-6,9-12H2,1-2H3. The Balaban J connectivity index is 1.76. The van der Waals surface area contributed by atoms with Gasteiger partial charge in [-0.3, -0.25) is 9.69 Å². The fourth-order valence-corrected chi connectivity index (χ4v) is 3.98. The van der Waals surface area contributed by atoms with E-state index in [1.807, 2.05) is 36.1 Å². The SMILES string of the molecule is COc1ccccc1N1CCC(N2CCCC2CC(C)O)C1=O. The quantitative estimate of drug-likeness (QED) is 0.902. The maximum absolute atomic E-state index is 13.0. The van der Waals surface area contributed by atoms with Crippen LogP contribution in [-0.4, -0.2) is 54.3 Å². The number of carbonyl (C=O) groups is 1. The average molecular weight is 318 g/mol. The summed E-state index contributed by atoms with van der Waals surface area (Å²) in [6.07, 6.45) is 3.45. The zero-order valence-electron chi connectivity index (χ0n) is 13.9. The molecule has 0 radical (unpaired) electrons. The molecule has 2 aliphatic rings. The Hall–Kier alpha value is -1.59. The zero-order valence-corrected chi connectivity index (χ0v) is 13.9. The van der Waals surface area contributed by atoms with Gasteiger partial charge in [0.1, 0.15) is 5.75 Å². The molecule has 3 atom stereocenters.